The Kier molecular flexibility index (Phi) is 11.1. The van der Waals surface area contributed by atoms with Crippen LogP contribution in [0.4, 0.5) is 5.69 Å². The van der Waals surface area contributed by atoms with Crippen LogP contribution < -0.4 is 9.62 Å². The van der Waals surface area contributed by atoms with Gasteiger partial charge in [0, 0.05) is 19.0 Å². The third-order valence-corrected chi connectivity index (χ3v) is 8.53. The van der Waals surface area contributed by atoms with Crippen LogP contribution in [0.15, 0.2) is 66.7 Å². The van der Waals surface area contributed by atoms with Gasteiger partial charge in [-0.2, -0.15) is 0 Å². The average molecular weight is 645 g/mol. The molecule has 40 heavy (non-hydrogen) atoms. The molecule has 3 aromatic rings. The van der Waals surface area contributed by atoms with Crippen LogP contribution in [0.2, 0.25) is 20.1 Å². The monoisotopic (exact) mass is 643 g/mol. The molecule has 0 heterocycles. The van der Waals surface area contributed by atoms with Crippen molar-refractivity contribution in [3.63, 3.8) is 0 Å². The zero-order valence-electron chi connectivity index (χ0n) is 22.1. The van der Waals surface area contributed by atoms with E-state index < -0.39 is 28.5 Å². The number of benzene rings is 3. The summed E-state index contributed by atoms with van der Waals surface area (Å²) in [4.78, 5) is 28.9. The smallest absolute Gasteiger partial charge is 0.244 e. The normalized spacial score (nSPS) is 12.2. The summed E-state index contributed by atoms with van der Waals surface area (Å²) in [6.07, 6.45) is 1.18. The first-order valence-corrected chi connectivity index (χ1v) is 15.6. The number of sulfonamides is 1. The molecule has 214 valence electrons. The quantitative estimate of drug-likeness (QED) is 0.268. The van der Waals surface area contributed by atoms with Gasteiger partial charge in [-0.05, 0) is 55.3 Å². The van der Waals surface area contributed by atoms with Crippen molar-refractivity contribution < 1.29 is 18.0 Å². The van der Waals surface area contributed by atoms with Crippen molar-refractivity contribution in [3.8, 4) is 0 Å². The number of carbonyl (C=O) groups excluding carboxylic acids is 2. The van der Waals surface area contributed by atoms with E-state index in [1.54, 1.807) is 18.2 Å². The maximum atomic E-state index is 14.0. The maximum absolute atomic E-state index is 14.0. The van der Waals surface area contributed by atoms with Crippen molar-refractivity contribution in [1.29, 1.82) is 0 Å². The van der Waals surface area contributed by atoms with Crippen LogP contribution in [0.1, 0.15) is 25.0 Å². The van der Waals surface area contributed by atoms with Crippen molar-refractivity contribution in [2.24, 2.45) is 0 Å². The fourth-order valence-electron chi connectivity index (χ4n) is 4.02. The summed E-state index contributed by atoms with van der Waals surface area (Å²) in [6.45, 7) is 3.02. The molecule has 3 rings (SSSR count). The Morgan fingerprint density at radius 3 is 1.98 bits per heavy atom. The van der Waals surface area contributed by atoms with Crippen molar-refractivity contribution in [2.75, 3.05) is 17.1 Å². The molecule has 1 unspecified atom stereocenters. The Morgan fingerprint density at radius 2 is 1.43 bits per heavy atom. The molecule has 0 saturated heterocycles. The van der Waals surface area contributed by atoms with Gasteiger partial charge in [0.05, 0.1) is 32.0 Å². The standard InChI is InChI=1S/C28H29Cl4N3O4S/c1-18(2)33-28(37)26(14-19-7-5-4-6-8-19)34(16-20-9-11-22(29)24(31)13-20)27(36)17-35(40(3,38)39)21-10-12-23(30)25(32)15-21/h4-13,15,18,26H,14,16-17H2,1-3H3,(H,33,37). The first kappa shape index (κ1) is 32.0. The zero-order valence-corrected chi connectivity index (χ0v) is 25.9. The Balaban J connectivity index is 2.08. The number of amides is 2. The Hall–Kier alpha value is -2.49. The Labute approximate surface area is 255 Å². The second-order valence-corrected chi connectivity index (χ2v) is 13.0. The number of hydrogen-bond donors (Lipinski definition) is 1. The molecule has 12 heteroatoms. The molecule has 1 atom stereocenters. The van der Waals surface area contributed by atoms with Gasteiger partial charge in [0.25, 0.3) is 0 Å². The highest BCUT2D eigenvalue weighted by Crippen LogP contribution is 2.29. The number of nitrogens with one attached hydrogen (secondary N) is 1. The maximum Gasteiger partial charge on any atom is 0.244 e. The summed E-state index contributed by atoms with van der Waals surface area (Å²) < 4.78 is 26.6. The van der Waals surface area contributed by atoms with Gasteiger partial charge in [-0.1, -0.05) is 82.8 Å². The van der Waals surface area contributed by atoms with Gasteiger partial charge in [-0.15, -0.1) is 0 Å². The number of anilines is 1. The Morgan fingerprint density at radius 1 is 0.825 bits per heavy atom. The zero-order chi connectivity index (χ0) is 29.6. The Bertz CT molecular complexity index is 1470. The van der Waals surface area contributed by atoms with E-state index in [0.29, 0.717) is 10.6 Å². The third-order valence-electron chi connectivity index (χ3n) is 5.91. The van der Waals surface area contributed by atoms with E-state index in [-0.39, 0.29) is 45.7 Å². The molecule has 0 aliphatic heterocycles. The predicted molar refractivity (Wildman–Crippen MR) is 163 cm³/mol. The van der Waals surface area contributed by atoms with Gasteiger partial charge < -0.3 is 10.2 Å². The molecule has 0 aliphatic carbocycles. The van der Waals surface area contributed by atoms with Crippen molar-refractivity contribution in [1.82, 2.24) is 10.2 Å². The van der Waals surface area contributed by atoms with E-state index in [2.05, 4.69) is 5.32 Å². The highest BCUT2D eigenvalue weighted by Gasteiger charge is 2.33. The summed E-state index contributed by atoms with van der Waals surface area (Å²) >= 11 is 24.5. The molecule has 0 saturated carbocycles. The summed E-state index contributed by atoms with van der Waals surface area (Å²) in [5, 5.41) is 3.88. The van der Waals surface area contributed by atoms with Gasteiger partial charge in [-0.25, -0.2) is 8.42 Å². The molecule has 0 aliphatic rings. The number of halogens is 4. The SMILES string of the molecule is CC(C)NC(=O)C(Cc1ccccc1)N(Cc1ccc(Cl)c(Cl)c1)C(=O)CN(c1ccc(Cl)c(Cl)c1)S(C)(=O)=O. The number of hydrogen-bond acceptors (Lipinski definition) is 4. The number of carbonyl (C=O) groups is 2. The minimum Gasteiger partial charge on any atom is -0.352 e. The minimum atomic E-state index is -3.94. The highest BCUT2D eigenvalue weighted by molar-refractivity contribution is 7.92. The molecule has 2 amide bonds. The van der Waals surface area contributed by atoms with Gasteiger partial charge in [0.2, 0.25) is 21.8 Å². The molecule has 3 aromatic carbocycles. The third kappa shape index (κ3) is 8.75. The molecule has 0 bridgehead atoms. The van der Waals surface area contributed by atoms with E-state index in [4.69, 9.17) is 46.4 Å². The van der Waals surface area contributed by atoms with E-state index in [1.165, 1.54) is 23.1 Å². The second kappa shape index (κ2) is 13.9. The number of rotatable bonds is 11. The fourth-order valence-corrected chi connectivity index (χ4v) is 5.48. The summed E-state index contributed by atoms with van der Waals surface area (Å²) in [6, 6.07) is 17.3. The lowest BCUT2D eigenvalue weighted by atomic mass is 10.0. The summed E-state index contributed by atoms with van der Waals surface area (Å²) in [7, 11) is -3.94. The van der Waals surface area contributed by atoms with Crippen LogP contribution in [0, 0.1) is 0 Å². The van der Waals surface area contributed by atoms with Crippen LogP contribution >= 0.6 is 46.4 Å². The highest BCUT2D eigenvalue weighted by atomic mass is 35.5. The molecule has 1 N–H and O–H groups in total. The van der Waals surface area contributed by atoms with Crippen molar-refractivity contribution in [2.45, 2.75) is 38.9 Å². The van der Waals surface area contributed by atoms with E-state index >= 15 is 0 Å². The van der Waals surface area contributed by atoms with Gasteiger partial charge >= 0.3 is 0 Å². The second-order valence-electron chi connectivity index (χ2n) is 9.51. The first-order valence-electron chi connectivity index (χ1n) is 12.3. The van der Waals surface area contributed by atoms with E-state index in [0.717, 1.165) is 16.1 Å². The fraction of sp³-hybridized carbons (Fsp3) is 0.286. The van der Waals surface area contributed by atoms with Gasteiger partial charge in [0.15, 0.2) is 0 Å². The molecular weight excluding hydrogens is 616 g/mol. The summed E-state index contributed by atoms with van der Waals surface area (Å²) in [5.41, 5.74) is 1.59. The molecule has 0 spiro atoms. The first-order chi connectivity index (χ1) is 18.8. The number of nitrogens with zero attached hydrogens (tertiary/aromatic N) is 2. The molecule has 7 nitrogen and oxygen atoms in total. The molecule has 0 radical (unpaired) electrons. The van der Waals surface area contributed by atoms with Crippen LogP contribution in [0.3, 0.4) is 0 Å². The summed E-state index contributed by atoms with van der Waals surface area (Å²) in [5.74, 6) is -0.991. The molecule has 0 fully saturated rings. The van der Waals surface area contributed by atoms with Crippen LogP contribution in [-0.2, 0) is 32.6 Å². The average Bonchev–Trinajstić information content (AvgIpc) is 2.88. The lowest BCUT2D eigenvalue weighted by Crippen LogP contribution is -2.54. The minimum absolute atomic E-state index is 0.0300. The van der Waals surface area contributed by atoms with Crippen LogP contribution in [0.25, 0.3) is 0 Å². The van der Waals surface area contributed by atoms with Crippen LogP contribution in [0.5, 0.6) is 0 Å². The topological polar surface area (TPSA) is 86.8 Å². The molecule has 0 aromatic heterocycles. The lowest BCUT2D eigenvalue weighted by molar-refractivity contribution is -0.140. The largest absolute Gasteiger partial charge is 0.352 e. The van der Waals surface area contributed by atoms with Crippen LogP contribution in [-0.4, -0.2) is 50.0 Å². The van der Waals surface area contributed by atoms with Gasteiger partial charge in [-0.3, -0.25) is 13.9 Å². The van der Waals surface area contributed by atoms with Crippen molar-refractivity contribution >= 4 is 73.9 Å². The van der Waals surface area contributed by atoms with E-state index in [1.807, 2.05) is 44.2 Å². The lowest BCUT2D eigenvalue weighted by Gasteiger charge is -2.34. The van der Waals surface area contributed by atoms with E-state index in [9.17, 15) is 18.0 Å². The molecular formula is C28H29Cl4N3O4S. The van der Waals surface area contributed by atoms with Crippen molar-refractivity contribution in [3.05, 3.63) is 97.9 Å². The van der Waals surface area contributed by atoms with Gasteiger partial charge in [0.1, 0.15) is 12.6 Å². The predicted octanol–water partition coefficient (Wildman–Crippen LogP) is 6.23.